The Bertz CT molecular complexity index is 755. The quantitative estimate of drug-likeness (QED) is 0.847. The molecule has 5 heteroatoms. The monoisotopic (exact) mass is 330 g/mol. The molecule has 0 atom stereocenters. The molecule has 0 heterocycles. The van der Waals surface area contributed by atoms with E-state index in [0.717, 1.165) is 5.56 Å². The number of hydrogen-bond donors (Lipinski definition) is 1. The number of nitrogens with two attached hydrogens (primary N) is 1. The van der Waals surface area contributed by atoms with Crippen molar-refractivity contribution in [2.45, 2.75) is 20.8 Å². The van der Waals surface area contributed by atoms with Gasteiger partial charge in [0.25, 0.3) is 5.91 Å². The zero-order chi connectivity index (χ0) is 17.9. The number of rotatable bonds is 5. The molecular weight excluding hydrogens is 307 g/mol. The molecule has 24 heavy (non-hydrogen) atoms. The zero-order valence-corrected chi connectivity index (χ0v) is 14.5. The van der Waals surface area contributed by atoms with Crippen molar-refractivity contribution < 1.29 is 13.9 Å². The standard InChI is InChI=1S/C19H23FN2O2/c1-5-22(6-2)19(23)16-10-13(9-12(3)18(16)21)15-11-14(20)7-8-17(15)24-4/h7-11H,5-6,21H2,1-4H3. The second kappa shape index (κ2) is 7.34. The van der Waals surface area contributed by atoms with E-state index in [4.69, 9.17) is 10.5 Å². The van der Waals surface area contributed by atoms with Gasteiger partial charge in [-0.2, -0.15) is 0 Å². The first kappa shape index (κ1) is 17.8. The topological polar surface area (TPSA) is 55.6 Å². The molecule has 0 aromatic heterocycles. The first-order valence-corrected chi connectivity index (χ1v) is 7.96. The molecule has 0 aliphatic rings. The summed E-state index contributed by atoms with van der Waals surface area (Å²) in [6.07, 6.45) is 0. The number of nitrogen functional groups attached to an aromatic ring is 1. The van der Waals surface area contributed by atoms with Gasteiger partial charge in [0, 0.05) is 24.3 Å². The predicted molar refractivity (Wildman–Crippen MR) is 94.8 cm³/mol. The SMILES string of the molecule is CCN(CC)C(=O)c1cc(-c2cc(F)ccc2OC)cc(C)c1N. The van der Waals surface area contributed by atoms with E-state index in [9.17, 15) is 9.18 Å². The molecule has 2 aromatic carbocycles. The molecule has 2 rings (SSSR count). The van der Waals surface area contributed by atoms with Gasteiger partial charge < -0.3 is 15.4 Å². The number of carbonyl (C=O) groups is 1. The average molecular weight is 330 g/mol. The van der Waals surface area contributed by atoms with Crippen LogP contribution in [0.4, 0.5) is 10.1 Å². The Balaban J connectivity index is 2.63. The summed E-state index contributed by atoms with van der Waals surface area (Å²) >= 11 is 0. The normalized spacial score (nSPS) is 10.5. The van der Waals surface area contributed by atoms with Gasteiger partial charge in [-0.15, -0.1) is 0 Å². The van der Waals surface area contributed by atoms with Gasteiger partial charge in [-0.3, -0.25) is 4.79 Å². The van der Waals surface area contributed by atoms with Gasteiger partial charge in [-0.25, -0.2) is 4.39 Å². The minimum atomic E-state index is -0.364. The van der Waals surface area contributed by atoms with Crippen molar-refractivity contribution in [1.29, 1.82) is 0 Å². The molecule has 0 saturated carbocycles. The van der Waals surface area contributed by atoms with Crippen LogP contribution in [0.3, 0.4) is 0 Å². The maximum atomic E-state index is 13.7. The van der Waals surface area contributed by atoms with Crippen LogP contribution >= 0.6 is 0 Å². The highest BCUT2D eigenvalue weighted by Crippen LogP contribution is 2.34. The van der Waals surface area contributed by atoms with Crippen molar-refractivity contribution >= 4 is 11.6 Å². The number of amides is 1. The maximum Gasteiger partial charge on any atom is 0.255 e. The Kier molecular flexibility index (Phi) is 5.44. The first-order chi connectivity index (χ1) is 11.4. The van der Waals surface area contributed by atoms with Crippen molar-refractivity contribution in [3.63, 3.8) is 0 Å². The van der Waals surface area contributed by atoms with Crippen molar-refractivity contribution in [2.75, 3.05) is 25.9 Å². The third-order valence-corrected chi connectivity index (χ3v) is 4.14. The molecule has 0 bridgehead atoms. The molecule has 2 N–H and O–H groups in total. The van der Waals surface area contributed by atoms with E-state index in [0.29, 0.717) is 41.2 Å². The number of carbonyl (C=O) groups excluding carboxylic acids is 1. The third-order valence-electron chi connectivity index (χ3n) is 4.14. The molecule has 0 aliphatic carbocycles. The molecule has 0 fully saturated rings. The van der Waals surface area contributed by atoms with Crippen LogP contribution in [0.5, 0.6) is 5.75 Å². The average Bonchev–Trinajstić information content (AvgIpc) is 2.58. The van der Waals surface area contributed by atoms with Gasteiger partial charge >= 0.3 is 0 Å². The van der Waals surface area contributed by atoms with Crippen LogP contribution < -0.4 is 10.5 Å². The zero-order valence-electron chi connectivity index (χ0n) is 14.5. The minimum absolute atomic E-state index is 0.127. The summed E-state index contributed by atoms with van der Waals surface area (Å²) in [7, 11) is 1.53. The smallest absolute Gasteiger partial charge is 0.255 e. The summed E-state index contributed by atoms with van der Waals surface area (Å²) in [4.78, 5) is 14.4. The van der Waals surface area contributed by atoms with Gasteiger partial charge in [-0.05, 0) is 62.2 Å². The summed E-state index contributed by atoms with van der Waals surface area (Å²) in [5.74, 6) is 0.0523. The second-order valence-electron chi connectivity index (χ2n) is 5.58. The third kappa shape index (κ3) is 3.35. The fourth-order valence-electron chi connectivity index (χ4n) is 2.72. The van der Waals surface area contributed by atoms with Gasteiger partial charge in [0.05, 0.1) is 12.7 Å². The lowest BCUT2D eigenvalue weighted by molar-refractivity contribution is 0.0774. The van der Waals surface area contributed by atoms with E-state index in [2.05, 4.69) is 0 Å². The van der Waals surface area contributed by atoms with Crippen LogP contribution in [0.15, 0.2) is 30.3 Å². The van der Waals surface area contributed by atoms with Crippen LogP contribution in [-0.4, -0.2) is 31.0 Å². The minimum Gasteiger partial charge on any atom is -0.496 e. The number of anilines is 1. The largest absolute Gasteiger partial charge is 0.496 e. The highest BCUT2D eigenvalue weighted by atomic mass is 19.1. The Hall–Kier alpha value is -2.56. The summed E-state index contributed by atoms with van der Waals surface area (Å²) in [6.45, 7) is 6.88. The molecule has 0 saturated heterocycles. The highest BCUT2D eigenvalue weighted by molar-refractivity contribution is 6.01. The molecular formula is C19H23FN2O2. The summed E-state index contributed by atoms with van der Waals surface area (Å²) < 4.78 is 19.0. The lowest BCUT2D eigenvalue weighted by Crippen LogP contribution is -2.31. The van der Waals surface area contributed by atoms with Crippen molar-refractivity contribution in [1.82, 2.24) is 4.90 Å². The van der Waals surface area contributed by atoms with E-state index in [1.165, 1.54) is 19.2 Å². The van der Waals surface area contributed by atoms with Crippen LogP contribution in [0, 0.1) is 12.7 Å². The van der Waals surface area contributed by atoms with Gasteiger partial charge in [0.2, 0.25) is 0 Å². The molecule has 0 unspecified atom stereocenters. The maximum absolute atomic E-state index is 13.7. The number of methoxy groups -OCH3 is 1. The van der Waals surface area contributed by atoms with E-state index in [1.807, 2.05) is 26.8 Å². The molecule has 2 aromatic rings. The van der Waals surface area contributed by atoms with Gasteiger partial charge in [0.1, 0.15) is 11.6 Å². The highest BCUT2D eigenvalue weighted by Gasteiger charge is 2.19. The fourth-order valence-corrected chi connectivity index (χ4v) is 2.72. The molecule has 1 amide bonds. The summed E-state index contributed by atoms with van der Waals surface area (Å²) in [5.41, 5.74) is 9.07. The number of aryl methyl sites for hydroxylation is 1. The molecule has 128 valence electrons. The number of hydrogen-bond acceptors (Lipinski definition) is 3. The summed E-state index contributed by atoms with van der Waals surface area (Å²) in [6, 6.07) is 7.86. The summed E-state index contributed by atoms with van der Waals surface area (Å²) in [5, 5.41) is 0. The van der Waals surface area contributed by atoms with Crippen LogP contribution in [0.2, 0.25) is 0 Å². The Labute approximate surface area is 142 Å². The molecule has 4 nitrogen and oxygen atoms in total. The predicted octanol–water partition coefficient (Wildman–Crippen LogP) is 3.87. The lowest BCUT2D eigenvalue weighted by atomic mass is 9.97. The Morgan fingerprint density at radius 2 is 1.88 bits per heavy atom. The number of benzene rings is 2. The number of ether oxygens (including phenoxy) is 1. The van der Waals surface area contributed by atoms with Crippen LogP contribution in [-0.2, 0) is 0 Å². The Morgan fingerprint density at radius 1 is 1.21 bits per heavy atom. The molecule has 0 aliphatic heterocycles. The van der Waals surface area contributed by atoms with Gasteiger partial charge in [0.15, 0.2) is 0 Å². The second-order valence-corrected chi connectivity index (χ2v) is 5.58. The van der Waals surface area contributed by atoms with Crippen LogP contribution in [0.25, 0.3) is 11.1 Å². The van der Waals surface area contributed by atoms with E-state index in [1.54, 1.807) is 17.0 Å². The molecule has 0 spiro atoms. The number of nitrogens with zero attached hydrogens (tertiary/aromatic N) is 1. The van der Waals surface area contributed by atoms with Crippen molar-refractivity contribution in [2.24, 2.45) is 0 Å². The van der Waals surface area contributed by atoms with Crippen LogP contribution in [0.1, 0.15) is 29.8 Å². The molecule has 0 radical (unpaired) electrons. The Morgan fingerprint density at radius 3 is 2.46 bits per heavy atom. The number of halogens is 1. The van der Waals surface area contributed by atoms with E-state index >= 15 is 0 Å². The van der Waals surface area contributed by atoms with Crippen molar-refractivity contribution in [3.05, 3.63) is 47.3 Å². The van der Waals surface area contributed by atoms with Crippen molar-refractivity contribution in [3.8, 4) is 16.9 Å². The van der Waals surface area contributed by atoms with E-state index in [-0.39, 0.29) is 11.7 Å². The fraction of sp³-hybridized carbons (Fsp3) is 0.316. The van der Waals surface area contributed by atoms with E-state index < -0.39 is 0 Å². The first-order valence-electron chi connectivity index (χ1n) is 7.96. The lowest BCUT2D eigenvalue weighted by Gasteiger charge is -2.21. The van der Waals surface area contributed by atoms with Gasteiger partial charge in [-0.1, -0.05) is 0 Å².